The van der Waals surface area contributed by atoms with Gasteiger partial charge in [-0.2, -0.15) is 0 Å². The summed E-state index contributed by atoms with van der Waals surface area (Å²) in [5, 5.41) is 14.6. The monoisotopic (exact) mass is 183 g/mol. The Morgan fingerprint density at radius 3 is 3.00 bits per heavy atom. The summed E-state index contributed by atoms with van der Waals surface area (Å²) in [6, 6.07) is 0. The maximum atomic E-state index is 3.97. The zero-order valence-corrected chi connectivity index (χ0v) is 8.32. The van der Waals surface area contributed by atoms with Crippen LogP contribution in [0.5, 0.6) is 0 Å². The van der Waals surface area contributed by atoms with Gasteiger partial charge in [-0.1, -0.05) is 13.3 Å². The number of aromatic nitrogens is 4. The second kappa shape index (κ2) is 5.64. The van der Waals surface area contributed by atoms with E-state index in [1.807, 2.05) is 11.7 Å². The Morgan fingerprint density at radius 2 is 2.31 bits per heavy atom. The maximum Gasteiger partial charge on any atom is 0.152 e. The van der Waals surface area contributed by atoms with Gasteiger partial charge in [-0.05, 0) is 23.9 Å². The van der Waals surface area contributed by atoms with Crippen LogP contribution in [0.4, 0.5) is 0 Å². The van der Waals surface area contributed by atoms with Gasteiger partial charge in [0, 0.05) is 19.5 Å². The van der Waals surface area contributed by atoms with Crippen LogP contribution < -0.4 is 5.32 Å². The summed E-state index contributed by atoms with van der Waals surface area (Å²) in [6.07, 6.45) is 3.20. The van der Waals surface area contributed by atoms with Gasteiger partial charge in [0.25, 0.3) is 0 Å². The number of tetrazole rings is 1. The van der Waals surface area contributed by atoms with Gasteiger partial charge >= 0.3 is 0 Å². The lowest BCUT2D eigenvalue weighted by atomic mass is 10.3. The van der Waals surface area contributed by atoms with Crippen molar-refractivity contribution in [1.82, 2.24) is 25.5 Å². The van der Waals surface area contributed by atoms with E-state index in [9.17, 15) is 0 Å². The Hall–Kier alpha value is -0.970. The highest BCUT2D eigenvalue weighted by Crippen LogP contribution is 1.96. The van der Waals surface area contributed by atoms with Crippen LogP contribution in [0.15, 0.2) is 0 Å². The van der Waals surface area contributed by atoms with Gasteiger partial charge in [0.2, 0.25) is 0 Å². The Kier molecular flexibility index (Phi) is 4.39. The first-order chi connectivity index (χ1) is 6.38. The fourth-order valence-corrected chi connectivity index (χ4v) is 1.12. The quantitative estimate of drug-likeness (QED) is 0.686. The molecular weight excluding hydrogens is 166 g/mol. The minimum absolute atomic E-state index is 0.896. The van der Waals surface area contributed by atoms with E-state index in [0.717, 1.165) is 31.8 Å². The summed E-state index contributed by atoms with van der Waals surface area (Å²) in [6.45, 7) is 4.02. The normalized spacial score (nSPS) is 10.6. The Morgan fingerprint density at radius 1 is 1.46 bits per heavy atom. The third kappa shape index (κ3) is 3.10. The molecule has 0 saturated carbocycles. The van der Waals surface area contributed by atoms with Gasteiger partial charge in [-0.3, -0.25) is 0 Å². The molecular formula is C8H17N5. The molecule has 0 saturated heterocycles. The predicted molar refractivity (Wildman–Crippen MR) is 50.4 cm³/mol. The van der Waals surface area contributed by atoms with E-state index < -0.39 is 0 Å². The largest absolute Gasteiger partial charge is 0.319 e. The number of hydrogen-bond acceptors (Lipinski definition) is 4. The molecule has 0 bridgehead atoms. The molecule has 0 unspecified atom stereocenters. The molecule has 74 valence electrons. The molecule has 0 aromatic carbocycles. The van der Waals surface area contributed by atoms with Gasteiger partial charge in [-0.25, -0.2) is 4.68 Å². The molecule has 13 heavy (non-hydrogen) atoms. The standard InChI is InChI=1S/C8H17N5/c1-3-4-7-13-8(5-6-9-2)10-11-12-13/h9H,3-7H2,1-2H3. The fraction of sp³-hybridized carbons (Fsp3) is 0.875. The smallest absolute Gasteiger partial charge is 0.152 e. The second-order valence-corrected chi connectivity index (χ2v) is 3.03. The van der Waals surface area contributed by atoms with Crippen LogP contribution in [0.1, 0.15) is 25.6 Å². The van der Waals surface area contributed by atoms with Crippen LogP contribution in [0.3, 0.4) is 0 Å². The zero-order chi connectivity index (χ0) is 9.52. The molecule has 0 spiro atoms. The van der Waals surface area contributed by atoms with E-state index in [1.54, 1.807) is 0 Å². The summed E-state index contributed by atoms with van der Waals surface area (Å²) >= 11 is 0. The minimum atomic E-state index is 0.896. The molecule has 5 nitrogen and oxygen atoms in total. The van der Waals surface area contributed by atoms with Crippen molar-refractivity contribution in [3.63, 3.8) is 0 Å². The minimum Gasteiger partial charge on any atom is -0.319 e. The lowest BCUT2D eigenvalue weighted by molar-refractivity contribution is 0.529. The van der Waals surface area contributed by atoms with E-state index in [0.29, 0.717) is 0 Å². The molecule has 0 atom stereocenters. The zero-order valence-electron chi connectivity index (χ0n) is 8.32. The van der Waals surface area contributed by atoms with Gasteiger partial charge in [-0.15, -0.1) is 5.10 Å². The predicted octanol–water partition coefficient (Wildman–Crippen LogP) is 0.235. The molecule has 0 amide bonds. The van der Waals surface area contributed by atoms with Gasteiger partial charge in [0.05, 0.1) is 0 Å². The molecule has 0 radical (unpaired) electrons. The number of nitrogens with zero attached hydrogens (tertiary/aromatic N) is 4. The topological polar surface area (TPSA) is 55.6 Å². The molecule has 1 heterocycles. The third-order valence-electron chi connectivity index (χ3n) is 1.93. The molecule has 1 N–H and O–H groups in total. The van der Waals surface area contributed by atoms with Crippen LogP contribution in [-0.4, -0.2) is 33.8 Å². The highest BCUT2D eigenvalue weighted by molar-refractivity contribution is 4.81. The van der Waals surface area contributed by atoms with E-state index in [2.05, 4.69) is 27.8 Å². The lowest BCUT2D eigenvalue weighted by Gasteiger charge is -2.02. The number of rotatable bonds is 6. The van der Waals surface area contributed by atoms with Crippen molar-refractivity contribution in [1.29, 1.82) is 0 Å². The Labute approximate surface area is 78.5 Å². The molecule has 0 fully saturated rings. The fourth-order valence-electron chi connectivity index (χ4n) is 1.12. The molecule has 1 aromatic rings. The van der Waals surface area contributed by atoms with Gasteiger partial charge < -0.3 is 5.32 Å². The van der Waals surface area contributed by atoms with Crippen LogP contribution in [0.25, 0.3) is 0 Å². The SMILES string of the molecule is CCCCn1nnnc1CCNC. The Balaban J connectivity index is 2.45. The van der Waals surface area contributed by atoms with Crippen molar-refractivity contribution in [2.75, 3.05) is 13.6 Å². The van der Waals surface area contributed by atoms with E-state index in [4.69, 9.17) is 0 Å². The van der Waals surface area contributed by atoms with E-state index in [-0.39, 0.29) is 0 Å². The summed E-state index contributed by atoms with van der Waals surface area (Å²) in [7, 11) is 1.93. The van der Waals surface area contributed by atoms with Crippen molar-refractivity contribution in [2.45, 2.75) is 32.7 Å². The second-order valence-electron chi connectivity index (χ2n) is 3.03. The molecule has 1 rings (SSSR count). The van der Waals surface area contributed by atoms with Crippen molar-refractivity contribution < 1.29 is 0 Å². The van der Waals surface area contributed by atoms with E-state index in [1.165, 1.54) is 6.42 Å². The summed E-state index contributed by atoms with van der Waals surface area (Å²) in [5.41, 5.74) is 0. The first-order valence-corrected chi connectivity index (χ1v) is 4.78. The van der Waals surface area contributed by atoms with Crippen molar-refractivity contribution >= 4 is 0 Å². The molecule has 0 aliphatic rings. The summed E-state index contributed by atoms with van der Waals surface area (Å²) in [5.74, 6) is 0.975. The Bertz CT molecular complexity index is 210. The maximum absolute atomic E-state index is 3.97. The van der Waals surface area contributed by atoms with Crippen molar-refractivity contribution in [2.24, 2.45) is 0 Å². The summed E-state index contributed by atoms with van der Waals surface area (Å²) < 4.78 is 1.89. The van der Waals surface area contributed by atoms with Crippen molar-refractivity contribution in [3.8, 4) is 0 Å². The summed E-state index contributed by atoms with van der Waals surface area (Å²) in [4.78, 5) is 0. The first kappa shape index (κ1) is 10.1. The van der Waals surface area contributed by atoms with Crippen LogP contribution in [0, 0.1) is 0 Å². The number of likely N-dealkylation sites (N-methyl/N-ethyl adjacent to an activating group) is 1. The van der Waals surface area contributed by atoms with E-state index >= 15 is 0 Å². The number of unbranched alkanes of at least 4 members (excludes halogenated alkanes) is 1. The van der Waals surface area contributed by atoms with Crippen LogP contribution in [-0.2, 0) is 13.0 Å². The molecule has 0 aliphatic carbocycles. The molecule has 0 aliphatic heterocycles. The first-order valence-electron chi connectivity index (χ1n) is 4.78. The number of hydrogen-bond donors (Lipinski definition) is 1. The highest BCUT2D eigenvalue weighted by Gasteiger charge is 2.03. The molecule has 5 heteroatoms. The number of aryl methyl sites for hydroxylation is 1. The average Bonchev–Trinajstić information content (AvgIpc) is 2.59. The number of nitrogens with one attached hydrogen (secondary N) is 1. The van der Waals surface area contributed by atoms with Gasteiger partial charge in [0.15, 0.2) is 5.82 Å². The molecule has 1 aromatic heterocycles. The lowest BCUT2D eigenvalue weighted by Crippen LogP contribution is -2.14. The highest BCUT2D eigenvalue weighted by atomic mass is 15.5. The van der Waals surface area contributed by atoms with Crippen LogP contribution in [0.2, 0.25) is 0 Å². The third-order valence-corrected chi connectivity index (χ3v) is 1.93. The average molecular weight is 183 g/mol. The van der Waals surface area contributed by atoms with Crippen molar-refractivity contribution in [3.05, 3.63) is 5.82 Å². The van der Waals surface area contributed by atoms with Gasteiger partial charge in [0.1, 0.15) is 0 Å². The van der Waals surface area contributed by atoms with Crippen LogP contribution >= 0.6 is 0 Å².